The normalized spacial score (nSPS) is 13.0. The van der Waals surface area contributed by atoms with E-state index in [0.29, 0.717) is 22.4 Å². The van der Waals surface area contributed by atoms with Gasteiger partial charge in [0.2, 0.25) is 11.8 Å². The first-order valence-corrected chi connectivity index (χ1v) is 17.2. The molecule has 0 fully saturated rings. The van der Waals surface area contributed by atoms with Crippen LogP contribution < -0.4 is 9.62 Å². The van der Waals surface area contributed by atoms with Crippen LogP contribution in [0.5, 0.6) is 0 Å². The van der Waals surface area contributed by atoms with Crippen molar-refractivity contribution in [2.45, 2.75) is 63.3 Å². The minimum absolute atomic E-state index is 0.0769. The fourth-order valence-electron chi connectivity index (χ4n) is 5.08. The quantitative estimate of drug-likeness (QED) is 0.157. The maximum atomic E-state index is 14.6. The van der Waals surface area contributed by atoms with E-state index in [2.05, 4.69) is 5.32 Å². The molecule has 1 N–H and O–H groups in total. The van der Waals surface area contributed by atoms with Gasteiger partial charge in [0, 0.05) is 19.0 Å². The highest BCUT2D eigenvalue weighted by atomic mass is 35.5. The predicted molar refractivity (Wildman–Crippen MR) is 181 cm³/mol. The first-order valence-electron chi connectivity index (χ1n) is 15.3. The highest BCUT2D eigenvalue weighted by Crippen LogP contribution is 2.37. The van der Waals surface area contributed by atoms with Crippen molar-refractivity contribution in [3.63, 3.8) is 0 Å². The molecule has 0 aliphatic rings. The first kappa shape index (κ1) is 36.5. The largest absolute Gasteiger partial charge is 0.416 e. The Morgan fingerprint density at radius 3 is 2.10 bits per heavy atom. The number of nitrogens with zero attached hydrogens (tertiary/aromatic N) is 2. The molecule has 0 saturated carbocycles. The molecule has 4 aromatic carbocycles. The summed E-state index contributed by atoms with van der Waals surface area (Å²) in [6, 6.07) is 24.3. The average molecular weight is 700 g/mol. The van der Waals surface area contributed by atoms with E-state index in [0.717, 1.165) is 23.3 Å². The summed E-state index contributed by atoms with van der Waals surface area (Å²) in [6.07, 6.45) is -4.11. The highest BCUT2D eigenvalue weighted by molar-refractivity contribution is 7.92. The number of benzene rings is 4. The molecule has 0 aliphatic carbocycles. The number of hydrogen-bond acceptors (Lipinski definition) is 4. The number of rotatable bonds is 13. The second-order valence-electron chi connectivity index (χ2n) is 11.5. The van der Waals surface area contributed by atoms with Crippen LogP contribution in [0.1, 0.15) is 42.5 Å². The summed E-state index contributed by atoms with van der Waals surface area (Å²) in [4.78, 5) is 29.6. The van der Waals surface area contributed by atoms with Crippen LogP contribution in [0.2, 0.25) is 5.02 Å². The van der Waals surface area contributed by atoms with Crippen LogP contribution in [0, 0.1) is 6.92 Å². The molecule has 48 heavy (non-hydrogen) atoms. The van der Waals surface area contributed by atoms with Crippen LogP contribution in [0.3, 0.4) is 0 Å². The topological polar surface area (TPSA) is 86.8 Å². The Hall–Kier alpha value is -4.35. The number of anilines is 1. The SMILES string of the molecule is CC[C@@H](C)NC(=O)[C@H](Cc1ccccc1)N(Cc1ccccc1C)C(=O)CN(c1cc(C(F)(F)F)ccc1Cl)S(=O)(=O)c1ccccc1. The van der Waals surface area contributed by atoms with Gasteiger partial charge in [-0.25, -0.2) is 8.42 Å². The number of aryl methyl sites for hydroxylation is 1. The monoisotopic (exact) mass is 699 g/mol. The van der Waals surface area contributed by atoms with Crippen molar-refractivity contribution in [2.75, 3.05) is 10.8 Å². The number of amides is 2. The first-order chi connectivity index (χ1) is 22.7. The summed E-state index contributed by atoms with van der Waals surface area (Å²) < 4.78 is 70.4. The number of carbonyl (C=O) groups excluding carboxylic acids is 2. The Bertz CT molecular complexity index is 1820. The molecule has 0 saturated heterocycles. The Labute approximate surface area is 284 Å². The lowest BCUT2D eigenvalue weighted by molar-refractivity contribution is -0.140. The van der Waals surface area contributed by atoms with Crippen molar-refractivity contribution in [2.24, 2.45) is 0 Å². The molecule has 12 heteroatoms. The molecule has 7 nitrogen and oxygen atoms in total. The molecule has 0 radical (unpaired) electrons. The lowest BCUT2D eigenvalue weighted by Crippen LogP contribution is -2.54. The van der Waals surface area contributed by atoms with Crippen molar-refractivity contribution < 1.29 is 31.2 Å². The van der Waals surface area contributed by atoms with Gasteiger partial charge in [0.1, 0.15) is 12.6 Å². The van der Waals surface area contributed by atoms with Crippen molar-refractivity contribution in [3.8, 4) is 0 Å². The minimum atomic E-state index is -4.82. The van der Waals surface area contributed by atoms with Crippen molar-refractivity contribution in [1.29, 1.82) is 0 Å². The number of alkyl halides is 3. The lowest BCUT2D eigenvalue weighted by atomic mass is 10.0. The smallest absolute Gasteiger partial charge is 0.352 e. The van der Waals surface area contributed by atoms with Gasteiger partial charge in [0.25, 0.3) is 10.0 Å². The summed E-state index contributed by atoms with van der Waals surface area (Å²) in [5.74, 6) is -1.27. The van der Waals surface area contributed by atoms with Crippen molar-refractivity contribution >= 4 is 39.1 Å². The fraction of sp³-hybridized carbons (Fsp3) is 0.278. The Morgan fingerprint density at radius 1 is 0.896 bits per heavy atom. The Balaban J connectivity index is 1.88. The van der Waals surface area contributed by atoms with E-state index in [9.17, 15) is 31.2 Å². The maximum Gasteiger partial charge on any atom is 0.416 e. The van der Waals surface area contributed by atoms with Crippen LogP contribution >= 0.6 is 11.6 Å². The molecule has 2 atom stereocenters. The summed E-state index contributed by atoms with van der Waals surface area (Å²) >= 11 is 6.38. The molecule has 254 valence electrons. The summed E-state index contributed by atoms with van der Waals surface area (Å²) in [7, 11) is -4.64. The number of hydrogen-bond donors (Lipinski definition) is 1. The van der Waals surface area contributed by atoms with Gasteiger partial charge in [-0.15, -0.1) is 0 Å². The molecule has 4 aromatic rings. The second-order valence-corrected chi connectivity index (χ2v) is 13.7. The van der Waals surface area contributed by atoms with E-state index in [4.69, 9.17) is 11.6 Å². The molecule has 0 bridgehead atoms. The van der Waals surface area contributed by atoms with Gasteiger partial charge in [-0.2, -0.15) is 13.2 Å². The van der Waals surface area contributed by atoms with Gasteiger partial charge in [-0.05, 0) is 67.3 Å². The molecule has 0 unspecified atom stereocenters. The van der Waals surface area contributed by atoms with E-state index in [1.54, 1.807) is 30.3 Å². The number of carbonyl (C=O) groups is 2. The fourth-order valence-corrected chi connectivity index (χ4v) is 6.79. The average Bonchev–Trinajstić information content (AvgIpc) is 3.06. The predicted octanol–water partition coefficient (Wildman–Crippen LogP) is 7.42. The standard InChI is InChI=1S/C36H37ClF3N3O4S/c1-4-26(3)41-35(45)33(21-27-14-7-5-8-15-27)42(23-28-16-12-11-13-25(28)2)34(44)24-43(48(46,47)30-17-9-6-10-18-30)32-22-29(36(38,39)40)19-20-31(32)37/h5-20,22,26,33H,4,21,23-24H2,1-3H3,(H,41,45)/t26-,33+/m1/s1. The zero-order valence-corrected chi connectivity index (χ0v) is 28.3. The van der Waals surface area contributed by atoms with Gasteiger partial charge in [-0.3, -0.25) is 13.9 Å². The van der Waals surface area contributed by atoms with Crippen LogP contribution in [-0.2, 0) is 38.8 Å². The molecule has 0 aliphatic heterocycles. The van der Waals surface area contributed by atoms with Crippen molar-refractivity contribution in [3.05, 3.63) is 130 Å². The highest BCUT2D eigenvalue weighted by Gasteiger charge is 2.37. The van der Waals surface area contributed by atoms with E-state index < -0.39 is 51.9 Å². The molecule has 0 aromatic heterocycles. The van der Waals surface area contributed by atoms with Crippen LogP contribution in [-0.4, -0.2) is 43.8 Å². The molecule has 4 rings (SSSR count). The zero-order valence-electron chi connectivity index (χ0n) is 26.7. The Morgan fingerprint density at radius 2 is 1.50 bits per heavy atom. The van der Waals surface area contributed by atoms with Gasteiger partial charge in [0.15, 0.2) is 0 Å². The van der Waals surface area contributed by atoms with Crippen molar-refractivity contribution in [1.82, 2.24) is 10.2 Å². The molecular weight excluding hydrogens is 663 g/mol. The van der Waals surface area contributed by atoms with Crippen LogP contribution in [0.4, 0.5) is 18.9 Å². The van der Waals surface area contributed by atoms with Crippen LogP contribution in [0.15, 0.2) is 108 Å². The maximum absolute atomic E-state index is 14.6. The Kier molecular flexibility index (Phi) is 11.9. The van der Waals surface area contributed by atoms with E-state index in [-0.39, 0.29) is 28.9 Å². The molecule has 0 spiro atoms. The number of halogens is 4. The number of nitrogens with one attached hydrogen (secondary N) is 1. The third-order valence-corrected chi connectivity index (χ3v) is 10.1. The van der Waals surface area contributed by atoms with Gasteiger partial charge in [0.05, 0.1) is 21.2 Å². The van der Waals surface area contributed by atoms with Gasteiger partial charge < -0.3 is 10.2 Å². The van der Waals surface area contributed by atoms with Crippen LogP contribution in [0.25, 0.3) is 0 Å². The van der Waals surface area contributed by atoms with Gasteiger partial charge in [-0.1, -0.05) is 91.3 Å². The minimum Gasteiger partial charge on any atom is -0.352 e. The third kappa shape index (κ3) is 8.96. The number of sulfonamides is 1. The van der Waals surface area contributed by atoms with Gasteiger partial charge >= 0.3 is 6.18 Å². The van der Waals surface area contributed by atoms with E-state index in [1.165, 1.54) is 29.2 Å². The molecular formula is C36H37ClF3N3O4S. The summed E-state index contributed by atoms with van der Waals surface area (Å²) in [5.41, 5.74) is 0.608. The second kappa shape index (κ2) is 15.7. The van der Waals surface area contributed by atoms with E-state index >= 15 is 0 Å². The zero-order chi connectivity index (χ0) is 35.1. The summed E-state index contributed by atoms with van der Waals surface area (Å²) in [5, 5.41) is 2.64. The van der Waals surface area contributed by atoms with E-state index in [1.807, 2.05) is 51.1 Å². The summed E-state index contributed by atoms with van der Waals surface area (Å²) in [6.45, 7) is 4.56. The molecule has 2 amide bonds. The third-order valence-electron chi connectivity index (χ3n) is 8.03. The molecule has 0 heterocycles. The lowest BCUT2D eigenvalue weighted by Gasteiger charge is -2.35.